The second-order valence-electron chi connectivity index (χ2n) is 5.39. The fraction of sp³-hybridized carbons (Fsp3) is 0.105. The van der Waals surface area contributed by atoms with Gasteiger partial charge in [-0.2, -0.15) is 0 Å². The van der Waals surface area contributed by atoms with Crippen molar-refractivity contribution in [2.24, 2.45) is 0 Å². The third kappa shape index (κ3) is 3.75. The van der Waals surface area contributed by atoms with Crippen LogP contribution in [-0.4, -0.2) is 31.1 Å². The Labute approximate surface area is 160 Å². The zero-order valence-corrected chi connectivity index (χ0v) is 15.4. The van der Waals surface area contributed by atoms with E-state index in [1.54, 1.807) is 42.5 Å². The third-order valence-electron chi connectivity index (χ3n) is 3.80. The minimum Gasteiger partial charge on any atom is -0.497 e. The van der Waals surface area contributed by atoms with Crippen molar-refractivity contribution < 1.29 is 23.5 Å². The first-order chi connectivity index (χ1) is 13.0. The second kappa shape index (κ2) is 7.88. The molecule has 0 spiro atoms. The molecule has 0 radical (unpaired) electrons. The van der Waals surface area contributed by atoms with Gasteiger partial charge in [-0.1, -0.05) is 6.08 Å². The van der Waals surface area contributed by atoms with Crippen molar-refractivity contribution in [1.29, 1.82) is 0 Å². The summed E-state index contributed by atoms with van der Waals surface area (Å²) in [6.45, 7) is 0. The molecule has 1 N–H and O–H groups in total. The second-order valence-corrected chi connectivity index (χ2v) is 5.78. The van der Waals surface area contributed by atoms with Crippen LogP contribution in [-0.2, 0) is 9.59 Å². The van der Waals surface area contributed by atoms with Crippen molar-refractivity contribution in [1.82, 2.24) is 5.32 Å². The summed E-state index contributed by atoms with van der Waals surface area (Å²) in [4.78, 5) is 26.4. The van der Waals surface area contributed by atoms with E-state index in [1.165, 1.54) is 31.5 Å². The number of carbonyl (C=O) groups is 2. The molecule has 0 unspecified atom stereocenters. The molecule has 2 aromatic rings. The van der Waals surface area contributed by atoms with E-state index in [4.69, 9.17) is 26.1 Å². The zero-order chi connectivity index (χ0) is 19.4. The molecule has 1 fully saturated rings. The van der Waals surface area contributed by atoms with Crippen LogP contribution >= 0.6 is 12.2 Å². The van der Waals surface area contributed by atoms with Crippen molar-refractivity contribution in [2.75, 3.05) is 19.1 Å². The highest BCUT2D eigenvalue weighted by Gasteiger charge is 2.35. The van der Waals surface area contributed by atoms with Gasteiger partial charge in [-0.05, 0) is 48.6 Å². The van der Waals surface area contributed by atoms with E-state index in [2.05, 4.69) is 5.32 Å². The lowest BCUT2D eigenvalue weighted by Gasteiger charge is -2.29. The lowest BCUT2D eigenvalue weighted by Crippen LogP contribution is -2.54. The molecule has 7 nitrogen and oxygen atoms in total. The predicted molar refractivity (Wildman–Crippen MR) is 104 cm³/mol. The summed E-state index contributed by atoms with van der Waals surface area (Å²) in [5.74, 6) is 0.410. The Hall–Kier alpha value is -3.39. The number of nitrogens with one attached hydrogen (secondary N) is 1. The molecule has 2 heterocycles. The quantitative estimate of drug-likeness (QED) is 0.485. The summed E-state index contributed by atoms with van der Waals surface area (Å²) in [6.07, 6.45) is 6.13. The number of thiocarbonyl (C=S) groups is 1. The number of amides is 2. The normalized spacial score (nSPS) is 16.1. The predicted octanol–water partition coefficient (Wildman–Crippen LogP) is 2.68. The Morgan fingerprint density at radius 1 is 1.19 bits per heavy atom. The zero-order valence-electron chi connectivity index (χ0n) is 14.6. The molecule has 1 saturated heterocycles. The summed E-state index contributed by atoms with van der Waals surface area (Å²) >= 11 is 5.19. The average Bonchev–Trinajstić information content (AvgIpc) is 3.17. The smallest absolute Gasteiger partial charge is 0.270 e. The van der Waals surface area contributed by atoms with Gasteiger partial charge in [0.1, 0.15) is 22.8 Å². The SMILES string of the molecule is COc1ccc(N2C(=O)/C(=C/C=C/c3ccco3)C(=O)NC2=S)c(OC)c1. The van der Waals surface area contributed by atoms with Gasteiger partial charge >= 0.3 is 0 Å². The number of carbonyl (C=O) groups excluding carboxylic acids is 2. The number of allylic oxidation sites excluding steroid dienone is 2. The van der Waals surface area contributed by atoms with Crippen LogP contribution in [0.15, 0.2) is 58.7 Å². The number of methoxy groups -OCH3 is 2. The van der Waals surface area contributed by atoms with Crippen LogP contribution in [0, 0.1) is 0 Å². The van der Waals surface area contributed by atoms with Crippen molar-refractivity contribution in [3.63, 3.8) is 0 Å². The molecule has 0 saturated carbocycles. The number of ether oxygens (including phenoxy) is 2. The molecule has 138 valence electrons. The van der Waals surface area contributed by atoms with Crippen molar-refractivity contribution in [3.8, 4) is 11.5 Å². The summed E-state index contributed by atoms with van der Waals surface area (Å²) < 4.78 is 15.7. The standard InChI is InChI=1S/C19H16N2O5S/c1-24-13-8-9-15(16(11-13)25-2)21-18(23)14(17(22)20-19(21)27)7-3-5-12-6-4-10-26-12/h3-11H,1-2H3,(H,20,22,27)/b5-3+,14-7+. The molecule has 2 amide bonds. The molecule has 27 heavy (non-hydrogen) atoms. The maximum atomic E-state index is 12.9. The molecule has 8 heteroatoms. The van der Waals surface area contributed by atoms with Crippen LogP contribution in [0.3, 0.4) is 0 Å². The number of hydrogen-bond donors (Lipinski definition) is 1. The minimum atomic E-state index is -0.571. The van der Waals surface area contributed by atoms with E-state index < -0.39 is 11.8 Å². The lowest BCUT2D eigenvalue weighted by molar-refractivity contribution is -0.122. The lowest BCUT2D eigenvalue weighted by atomic mass is 10.1. The molecule has 1 aliphatic heterocycles. The van der Waals surface area contributed by atoms with Gasteiger partial charge in [0.2, 0.25) is 0 Å². The van der Waals surface area contributed by atoms with Crippen LogP contribution in [0.25, 0.3) is 6.08 Å². The van der Waals surface area contributed by atoms with Gasteiger partial charge in [-0.25, -0.2) is 4.90 Å². The number of hydrogen-bond acceptors (Lipinski definition) is 6. The highest BCUT2D eigenvalue weighted by molar-refractivity contribution is 7.80. The largest absolute Gasteiger partial charge is 0.497 e. The Morgan fingerprint density at radius 2 is 2.00 bits per heavy atom. The molecule has 3 rings (SSSR count). The maximum Gasteiger partial charge on any atom is 0.270 e. The van der Waals surface area contributed by atoms with Gasteiger partial charge in [-0.3, -0.25) is 14.9 Å². The molecule has 1 aromatic carbocycles. The Bertz CT molecular complexity index is 947. The molecular weight excluding hydrogens is 368 g/mol. The Balaban J connectivity index is 1.95. The fourth-order valence-electron chi connectivity index (χ4n) is 2.49. The summed E-state index contributed by atoms with van der Waals surface area (Å²) in [6, 6.07) is 8.42. The fourth-order valence-corrected chi connectivity index (χ4v) is 2.76. The van der Waals surface area contributed by atoms with Gasteiger partial charge in [0.05, 0.1) is 26.2 Å². The number of benzene rings is 1. The van der Waals surface area contributed by atoms with Crippen LogP contribution in [0.2, 0.25) is 0 Å². The first kappa shape index (κ1) is 18.4. The number of furan rings is 1. The Morgan fingerprint density at radius 3 is 2.67 bits per heavy atom. The highest BCUT2D eigenvalue weighted by atomic mass is 32.1. The van der Waals surface area contributed by atoms with E-state index in [0.717, 1.165) is 0 Å². The van der Waals surface area contributed by atoms with Crippen molar-refractivity contribution in [2.45, 2.75) is 0 Å². The number of nitrogens with zero attached hydrogens (tertiary/aromatic N) is 1. The monoisotopic (exact) mass is 384 g/mol. The third-order valence-corrected chi connectivity index (χ3v) is 4.08. The highest BCUT2D eigenvalue weighted by Crippen LogP contribution is 2.34. The molecule has 0 aliphatic carbocycles. The first-order valence-corrected chi connectivity index (χ1v) is 8.29. The average molecular weight is 384 g/mol. The molecule has 0 atom stereocenters. The van der Waals surface area contributed by atoms with E-state index >= 15 is 0 Å². The van der Waals surface area contributed by atoms with Gasteiger partial charge in [0, 0.05) is 6.07 Å². The number of anilines is 1. The van der Waals surface area contributed by atoms with Gasteiger partial charge < -0.3 is 13.9 Å². The van der Waals surface area contributed by atoms with E-state index in [9.17, 15) is 9.59 Å². The maximum absolute atomic E-state index is 12.9. The van der Waals surface area contributed by atoms with Crippen LogP contribution in [0.4, 0.5) is 5.69 Å². The minimum absolute atomic E-state index is 0.0272. The van der Waals surface area contributed by atoms with E-state index in [-0.39, 0.29) is 10.7 Å². The van der Waals surface area contributed by atoms with Crippen LogP contribution < -0.4 is 19.7 Å². The first-order valence-electron chi connectivity index (χ1n) is 7.89. The molecule has 0 bridgehead atoms. The van der Waals surface area contributed by atoms with Gasteiger partial charge in [0.25, 0.3) is 11.8 Å². The van der Waals surface area contributed by atoms with E-state index in [1.807, 2.05) is 0 Å². The van der Waals surface area contributed by atoms with E-state index in [0.29, 0.717) is 22.9 Å². The van der Waals surface area contributed by atoms with Crippen molar-refractivity contribution >= 4 is 40.9 Å². The number of rotatable bonds is 5. The van der Waals surface area contributed by atoms with Crippen LogP contribution in [0.5, 0.6) is 11.5 Å². The van der Waals surface area contributed by atoms with Gasteiger partial charge in [-0.15, -0.1) is 0 Å². The van der Waals surface area contributed by atoms with Gasteiger partial charge in [0.15, 0.2) is 5.11 Å². The topological polar surface area (TPSA) is 81.0 Å². The van der Waals surface area contributed by atoms with Crippen LogP contribution in [0.1, 0.15) is 5.76 Å². The summed E-state index contributed by atoms with van der Waals surface area (Å²) in [7, 11) is 2.99. The Kier molecular flexibility index (Phi) is 5.37. The molecule has 1 aliphatic rings. The van der Waals surface area contributed by atoms with Crippen molar-refractivity contribution in [3.05, 3.63) is 60.1 Å². The summed E-state index contributed by atoms with van der Waals surface area (Å²) in [5.41, 5.74) is 0.332. The molecule has 1 aromatic heterocycles. The molecular formula is C19H16N2O5S. The summed E-state index contributed by atoms with van der Waals surface area (Å²) in [5, 5.41) is 2.49.